The van der Waals surface area contributed by atoms with Crippen molar-refractivity contribution in [2.45, 2.75) is 31.7 Å². The minimum atomic E-state index is -0.489. The Labute approximate surface area is 141 Å². The summed E-state index contributed by atoms with van der Waals surface area (Å²) in [5.74, 6) is 1.19. The molecule has 2 aliphatic heterocycles. The first-order valence-electron chi connectivity index (χ1n) is 7.30. The Bertz CT molecular complexity index is 560. The summed E-state index contributed by atoms with van der Waals surface area (Å²) in [6.45, 7) is 3.90. The molecule has 1 fully saturated rings. The second kappa shape index (κ2) is 6.94. The smallest absolute Gasteiger partial charge is 0.244 e. The lowest BCUT2D eigenvalue weighted by molar-refractivity contribution is -0.122. The Kier molecular flexibility index (Phi) is 5.42. The highest BCUT2D eigenvalue weighted by Crippen LogP contribution is 2.38. The van der Waals surface area contributed by atoms with E-state index < -0.39 is 5.54 Å². The van der Waals surface area contributed by atoms with E-state index in [-0.39, 0.29) is 18.3 Å². The van der Waals surface area contributed by atoms with E-state index in [0.717, 1.165) is 25.8 Å². The van der Waals surface area contributed by atoms with Crippen molar-refractivity contribution in [2.24, 2.45) is 0 Å². The van der Waals surface area contributed by atoms with Crippen LogP contribution in [0, 0.1) is 0 Å². The average molecular weight is 347 g/mol. The summed E-state index contributed by atoms with van der Waals surface area (Å²) in [5, 5.41) is 6.69. The van der Waals surface area contributed by atoms with E-state index >= 15 is 0 Å². The van der Waals surface area contributed by atoms with E-state index in [1.54, 1.807) is 12.1 Å². The summed E-state index contributed by atoms with van der Waals surface area (Å²) in [5.41, 5.74) is 0.0730. The summed E-state index contributed by atoms with van der Waals surface area (Å²) in [7, 11) is 0. The van der Waals surface area contributed by atoms with Crippen molar-refractivity contribution >= 4 is 35.6 Å². The maximum atomic E-state index is 12.6. The fourth-order valence-electron chi connectivity index (χ4n) is 2.86. The van der Waals surface area contributed by atoms with E-state index in [1.807, 2.05) is 6.92 Å². The van der Waals surface area contributed by atoms with Gasteiger partial charge in [-0.15, -0.1) is 12.4 Å². The fourth-order valence-corrected chi connectivity index (χ4v) is 3.06. The number of carbonyl (C=O) groups excluding carboxylic acids is 1. The molecule has 1 amide bonds. The molecule has 22 heavy (non-hydrogen) atoms. The van der Waals surface area contributed by atoms with E-state index in [1.165, 1.54) is 0 Å². The lowest BCUT2D eigenvalue weighted by Gasteiger charge is -2.27. The third kappa shape index (κ3) is 3.12. The maximum Gasteiger partial charge on any atom is 0.244 e. The molecule has 1 aromatic rings. The van der Waals surface area contributed by atoms with Gasteiger partial charge in [-0.1, -0.05) is 18.5 Å². The molecule has 5 nitrogen and oxygen atoms in total. The third-order valence-electron chi connectivity index (χ3n) is 4.16. The number of rotatable bonds is 3. The molecule has 1 saturated heterocycles. The summed E-state index contributed by atoms with van der Waals surface area (Å²) < 4.78 is 11.0. The third-order valence-corrected chi connectivity index (χ3v) is 4.47. The van der Waals surface area contributed by atoms with Gasteiger partial charge in [0.05, 0.1) is 16.2 Å². The van der Waals surface area contributed by atoms with Gasteiger partial charge in [0.2, 0.25) is 5.91 Å². The largest absolute Gasteiger partial charge is 0.486 e. The minimum Gasteiger partial charge on any atom is -0.486 e. The molecule has 0 bridgehead atoms. The molecule has 2 heterocycles. The topological polar surface area (TPSA) is 59.6 Å². The molecule has 1 atom stereocenters. The predicted octanol–water partition coefficient (Wildman–Crippen LogP) is 3.00. The molecule has 0 spiro atoms. The minimum absolute atomic E-state index is 0. The Hall–Kier alpha value is -1.17. The molecule has 122 valence electrons. The zero-order valence-electron chi connectivity index (χ0n) is 12.4. The van der Waals surface area contributed by atoms with Crippen LogP contribution in [0.5, 0.6) is 11.5 Å². The Morgan fingerprint density at radius 2 is 2.05 bits per heavy atom. The molecule has 1 aromatic carbocycles. The molecule has 0 aromatic heterocycles. The average Bonchev–Trinajstić information content (AvgIpc) is 2.98. The van der Waals surface area contributed by atoms with Crippen molar-refractivity contribution in [1.82, 2.24) is 5.32 Å². The van der Waals surface area contributed by atoms with Crippen LogP contribution in [0.1, 0.15) is 26.2 Å². The van der Waals surface area contributed by atoms with Crippen molar-refractivity contribution in [3.8, 4) is 11.5 Å². The van der Waals surface area contributed by atoms with Crippen LogP contribution in [0.3, 0.4) is 0 Å². The molecule has 2 aliphatic rings. The highest BCUT2D eigenvalue weighted by atomic mass is 35.5. The second-order valence-electron chi connectivity index (χ2n) is 5.40. The van der Waals surface area contributed by atoms with Crippen LogP contribution in [0.15, 0.2) is 12.1 Å². The maximum absolute atomic E-state index is 12.6. The zero-order chi connectivity index (χ0) is 14.9. The summed E-state index contributed by atoms with van der Waals surface area (Å²) in [6, 6.07) is 3.42. The molecule has 0 saturated carbocycles. The first-order valence-corrected chi connectivity index (χ1v) is 7.68. The monoisotopic (exact) mass is 346 g/mol. The molecule has 7 heteroatoms. The first-order chi connectivity index (χ1) is 10.1. The van der Waals surface area contributed by atoms with Gasteiger partial charge in [0.25, 0.3) is 0 Å². The number of halogens is 2. The van der Waals surface area contributed by atoms with Gasteiger partial charge in [0, 0.05) is 12.1 Å². The van der Waals surface area contributed by atoms with Crippen molar-refractivity contribution in [2.75, 3.05) is 25.1 Å². The van der Waals surface area contributed by atoms with Gasteiger partial charge in [0.1, 0.15) is 13.2 Å². The number of benzene rings is 1. The van der Waals surface area contributed by atoms with Gasteiger partial charge in [-0.2, -0.15) is 0 Å². The van der Waals surface area contributed by atoms with Crippen LogP contribution in [0.4, 0.5) is 5.69 Å². The molecule has 2 N–H and O–H groups in total. The summed E-state index contributed by atoms with van der Waals surface area (Å²) in [6.07, 6.45) is 2.61. The summed E-state index contributed by atoms with van der Waals surface area (Å²) >= 11 is 6.23. The lowest BCUT2D eigenvalue weighted by Crippen LogP contribution is -2.50. The number of anilines is 1. The predicted molar refractivity (Wildman–Crippen MR) is 88.6 cm³/mol. The Morgan fingerprint density at radius 3 is 2.64 bits per heavy atom. The van der Waals surface area contributed by atoms with E-state index in [0.29, 0.717) is 35.4 Å². The zero-order valence-corrected chi connectivity index (χ0v) is 14.0. The van der Waals surface area contributed by atoms with Gasteiger partial charge in [-0.25, -0.2) is 0 Å². The number of carbonyl (C=O) groups is 1. The van der Waals surface area contributed by atoms with Gasteiger partial charge >= 0.3 is 0 Å². The van der Waals surface area contributed by atoms with Gasteiger partial charge in [0.15, 0.2) is 11.5 Å². The standard InChI is InChI=1S/C15H19ClN2O3.ClH/c1-2-15(4-3-5-17-15)14(19)18-11-9-13-12(8-10(11)16)20-6-7-21-13;/h8-9,17H,2-7H2,1H3,(H,18,19);1H. The first kappa shape index (κ1) is 17.2. The van der Waals surface area contributed by atoms with Crippen LogP contribution in [0.2, 0.25) is 5.02 Å². The highest BCUT2D eigenvalue weighted by Gasteiger charge is 2.39. The number of nitrogens with one attached hydrogen (secondary N) is 2. The van der Waals surface area contributed by atoms with Crippen molar-refractivity contribution in [1.29, 1.82) is 0 Å². The fraction of sp³-hybridized carbons (Fsp3) is 0.533. The van der Waals surface area contributed by atoms with Crippen molar-refractivity contribution in [3.05, 3.63) is 17.2 Å². The molecular weight excluding hydrogens is 327 g/mol. The van der Waals surface area contributed by atoms with Crippen LogP contribution in [-0.2, 0) is 4.79 Å². The van der Waals surface area contributed by atoms with Crippen molar-refractivity contribution < 1.29 is 14.3 Å². The summed E-state index contributed by atoms with van der Waals surface area (Å²) in [4.78, 5) is 12.6. The van der Waals surface area contributed by atoms with Crippen LogP contribution >= 0.6 is 24.0 Å². The molecule has 3 rings (SSSR count). The van der Waals surface area contributed by atoms with Crippen LogP contribution in [0.25, 0.3) is 0 Å². The van der Waals surface area contributed by atoms with Crippen LogP contribution < -0.4 is 20.1 Å². The Morgan fingerprint density at radius 1 is 1.36 bits per heavy atom. The molecule has 0 aliphatic carbocycles. The SMILES string of the molecule is CCC1(C(=O)Nc2cc3c(cc2Cl)OCCO3)CCCN1.Cl. The number of amides is 1. The number of hydrogen-bond donors (Lipinski definition) is 2. The van der Waals surface area contributed by atoms with Gasteiger partial charge in [-0.3, -0.25) is 4.79 Å². The van der Waals surface area contributed by atoms with Crippen molar-refractivity contribution in [3.63, 3.8) is 0 Å². The van der Waals surface area contributed by atoms with Gasteiger partial charge < -0.3 is 20.1 Å². The van der Waals surface area contributed by atoms with E-state index in [2.05, 4.69) is 10.6 Å². The normalized spacial score (nSPS) is 22.8. The quantitative estimate of drug-likeness (QED) is 0.883. The second-order valence-corrected chi connectivity index (χ2v) is 5.80. The van der Waals surface area contributed by atoms with Gasteiger partial charge in [-0.05, 0) is 25.8 Å². The molecule has 0 radical (unpaired) electrons. The van der Waals surface area contributed by atoms with E-state index in [9.17, 15) is 4.79 Å². The molecule has 1 unspecified atom stereocenters. The highest BCUT2D eigenvalue weighted by molar-refractivity contribution is 6.34. The van der Waals surface area contributed by atoms with E-state index in [4.69, 9.17) is 21.1 Å². The Balaban J connectivity index is 0.00000176. The molecular formula is C15H20Cl2N2O3. The van der Waals surface area contributed by atoms with Crippen LogP contribution in [-0.4, -0.2) is 31.2 Å². The number of ether oxygens (including phenoxy) is 2. The number of hydrogen-bond acceptors (Lipinski definition) is 4. The lowest BCUT2D eigenvalue weighted by atomic mass is 9.93. The number of fused-ring (bicyclic) bond motifs is 1.